The van der Waals surface area contributed by atoms with E-state index < -0.39 is 0 Å². The Morgan fingerprint density at radius 3 is 1.91 bits per heavy atom. The summed E-state index contributed by atoms with van der Waals surface area (Å²) in [5, 5.41) is 0. The maximum Gasteiger partial charge on any atom is 0.235 e. The van der Waals surface area contributed by atoms with Crippen LogP contribution in [0.5, 0.6) is 0 Å². The van der Waals surface area contributed by atoms with Crippen LogP contribution < -0.4 is 0 Å². The Kier molecular flexibility index (Phi) is 4.65. The number of pyridine rings is 1. The molecule has 0 saturated heterocycles. The molecule has 1 aromatic rings. The molecular weight excluding hydrogens is 286 g/mol. The molecular formula is C15H19N3O4. The van der Waals surface area contributed by atoms with E-state index in [1.165, 1.54) is 0 Å². The zero-order chi connectivity index (χ0) is 15.4. The lowest BCUT2D eigenvalue weighted by Gasteiger charge is -2.04. The molecule has 0 spiro atoms. The van der Waals surface area contributed by atoms with Crippen molar-refractivity contribution in [2.45, 2.75) is 12.1 Å². The molecule has 0 amide bonds. The fraction of sp³-hybridized carbons (Fsp3) is 0.533. The van der Waals surface area contributed by atoms with E-state index in [9.17, 15) is 0 Å². The molecule has 7 heteroatoms. The Balaban J connectivity index is 1.76. The summed E-state index contributed by atoms with van der Waals surface area (Å²) in [7, 11) is 3.30. The SMILES string of the molecule is COCC1COC(c2cccc(C3=NC(COC)CO3)n2)=N1. The Morgan fingerprint density at radius 2 is 1.45 bits per heavy atom. The highest BCUT2D eigenvalue weighted by Gasteiger charge is 2.24. The Bertz CT molecular complexity index is 541. The zero-order valence-electron chi connectivity index (χ0n) is 12.7. The van der Waals surface area contributed by atoms with Gasteiger partial charge in [-0.3, -0.25) is 0 Å². The maximum atomic E-state index is 5.59. The molecule has 22 heavy (non-hydrogen) atoms. The topological polar surface area (TPSA) is 74.5 Å². The van der Waals surface area contributed by atoms with Gasteiger partial charge in [0.15, 0.2) is 0 Å². The second-order valence-corrected chi connectivity index (χ2v) is 5.12. The quantitative estimate of drug-likeness (QED) is 0.772. The third-order valence-corrected chi connectivity index (χ3v) is 3.33. The predicted octanol–water partition coefficient (Wildman–Crippen LogP) is 0.665. The Labute approximate surface area is 129 Å². The van der Waals surface area contributed by atoms with Gasteiger partial charge in [-0.05, 0) is 12.1 Å². The van der Waals surface area contributed by atoms with Gasteiger partial charge in [-0.25, -0.2) is 15.0 Å². The van der Waals surface area contributed by atoms with Gasteiger partial charge in [0.05, 0.1) is 13.2 Å². The number of ether oxygens (including phenoxy) is 4. The van der Waals surface area contributed by atoms with Gasteiger partial charge in [-0.1, -0.05) is 6.07 Å². The highest BCUT2D eigenvalue weighted by molar-refractivity contribution is 5.97. The number of hydrogen-bond donors (Lipinski definition) is 0. The third kappa shape index (κ3) is 3.26. The highest BCUT2D eigenvalue weighted by Crippen LogP contribution is 2.14. The van der Waals surface area contributed by atoms with Crippen molar-refractivity contribution >= 4 is 11.8 Å². The molecule has 0 bridgehead atoms. The molecule has 2 atom stereocenters. The molecule has 2 aliphatic heterocycles. The molecule has 0 aliphatic carbocycles. The number of aliphatic imine (C=N–C) groups is 2. The molecule has 0 saturated carbocycles. The minimum Gasteiger partial charge on any atom is -0.474 e. The lowest BCUT2D eigenvalue weighted by molar-refractivity contribution is 0.164. The van der Waals surface area contributed by atoms with Crippen LogP contribution in [0, 0.1) is 0 Å². The van der Waals surface area contributed by atoms with Gasteiger partial charge < -0.3 is 18.9 Å². The lowest BCUT2D eigenvalue weighted by Crippen LogP contribution is -2.13. The van der Waals surface area contributed by atoms with Gasteiger partial charge in [0.25, 0.3) is 0 Å². The van der Waals surface area contributed by atoms with Crippen LogP contribution in [-0.2, 0) is 18.9 Å². The van der Waals surface area contributed by atoms with Gasteiger partial charge in [-0.2, -0.15) is 0 Å². The van der Waals surface area contributed by atoms with E-state index in [1.54, 1.807) is 14.2 Å². The standard InChI is InChI=1S/C15H19N3O4/c1-19-6-10-8-21-14(16-10)12-4-3-5-13(18-12)15-17-11(7-20-2)9-22-15/h3-5,10-11H,6-9H2,1-2H3. The van der Waals surface area contributed by atoms with Crippen LogP contribution in [-0.4, -0.2) is 69.5 Å². The maximum absolute atomic E-state index is 5.59. The summed E-state index contributed by atoms with van der Waals surface area (Å²) in [5.41, 5.74) is 1.36. The lowest BCUT2D eigenvalue weighted by atomic mass is 10.3. The average molecular weight is 305 g/mol. The number of aromatic nitrogens is 1. The van der Waals surface area contributed by atoms with Crippen LogP contribution in [0.1, 0.15) is 11.4 Å². The molecule has 0 aromatic carbocycles. The van der Waals surface area contributed by atoms with E-state index in [0.29, 0.717) is 49.6 Å². The van der Waals surface area contributed by atoms with Crippen molar-refractivity contribution < 1.29 is 18.9 Å². The van der Waals surface area contributed by atoms with E-state index >= 15 is 0 Å². The van der Waals surface area contributed by atoms with Crippen molar-refractivity contribution in [2.24, 2.45) is 9.98 Å². The molecule has 0 fully saturated rings. The van der Waals surface area contributed by atoms with Crippen molar-refractivity contribution in [3.05, 3.63) is 29.6 Å². The molecule has 0 N–H and O–H groups in total. The molecule has 1 aromatic heterocycles. The normalized spacial score (nSPS) is 23.7. The van der Waals surface area contributed by atoms with Crippen LogP contribution >= 0.6 is 0 Å². The summed E-state index contributed by atoms with van der Waals surface area (Å²) in [6.07, 6.45) is 0. The van der Waals surface area contributed by atoms with Crippen LogP contribution in [0.3, 0.4) is 0 Å². The Morgan fingerprint density at radius 1 is 0.955 bits per heavy atom. The molecule has 7 nitrogen and oxygen atoms in total. The summed E-state index contributed by atoms with van der Waals surface area (Å²) in [6.45, 7) is 2.11. The molecule has 2 aliphatic rings. The molecule has 0 radical (unpaired) electrons. The summed E-state index contributed by atoms with van der Waals surface area (Å²) in [4.78, 5) is 13.5. The van der Waals surface area contributed by atoms with E-state index in [0.717, 1.165) is 0 Å². The van der Waals surface area contributed by atoms with Crippen LogP contribution in [0.25, 0.3) is 0 Å². The van der Waals surface area contributed by atoms with Crippen molar-refractivity contribution in [3.63, 3.8) is 0 Å². The summed E-state index contributed by atoms with van der Waals surface area (Å²) >= 11 is 0. The van der Waals surface area contributed by atoms with Crippen LogP contribution in [0.15, 0.2) is 28.2 Å². The van der Waals surface area contributed by atoms with Gasteiger partial charge in [0.1, 0.15) is 36.7 Å². The number of nitrogens with zero attached hydrogens (tertiary/aromatic N) is 3. The first-order valence-corrected chi connectivity index (χ1v) is 7.17. The second-order valence-electron chi connectivity index (χ2n) is 5.12. The van der Waals surface area contributed by atoms with E-state index in [1.807, 2.05) is 18.2 Å². The fourth-order valence-corrected chi connectivity index (χ4v) is 2.34. The van der Waals surface area contributed by atoms with E-state index in [4.69, 9.17) is 18.9 Å². The largest absolute Gasteiger partial charge is 0.474 e. The number of methoxy groups -OCH3 is 2. The molecule has 118 valence electrons. The minimum absolute atomic E-state index is 0.0246. The highest BCUT2D eigenvalue weighted by atomic mass is 16.5. The van der Waals surface area contributed by atoms with Gasteiger partial charge >= 0.3 is 0 Å². The fourth-order valence-electron chi connectivity index (χ4n) is 2.34. The predicted molar refractivity (Wildman–Crippen MR) is 80.5 cm³/mol. The van der Waals surface area contributed by atoms with Crippen molar-refractivity contribution in [2.75, 3.05) is 40.6 Å². The summed E-state index contributed by atoms with van der Waals surface area (Å²) < 4.78 is 21.4. The minimum atomic E-state index is 0.0246. The third-order valence-electron chi connectivity index (χ3n) is 3.33. The first-order chi connectivity index (χ1) is 10.8. The first-order valence-electron chi connectivity index (χ1n) is 7.17. The van der Waals surface area contributed by atoms with Gasteiger partial charge in [-0.15, -0.1) is 0 Å². The van der Waals surface area contributed by atoms with Crippen molar-refractivity contribution in [3.8, 4) is 0 Å². The zero-order valence-corrected chi connectivity index (χ0v) is 12.7. The molecule has 3 heterocycles. The first kappa shape index (κ1) is 14.9. The summed E-state index contributed by atoms with van der Waals surface area (Å²) in [5.74, 6) is 1.08. The van der Waals surface area contributed by atoms with Gasteiger partial charge in [0.2, 0.25) is 11.8 Å². The van der Waals surface area contributed by atoms with E-state index in [2.05, 4.69) is 15.0 Å². The summed E-state index contributed by atoms with van der Waals surface area (Å²) in [6, 6.07) is 5.66. The average Bonchev–Trinajstić information content (AvgIpc) is 3.18. The van der Waals surface area contributed by atoms with E-state index in [-0.39, 0.29) is 12.1 Å². The molecule has 2 unspecified atom stereocenters. The monoisotopic (exact) mass is 305 g/mol. The Hall–Kier alpha value is -1.99. The molecule has 3 rings (SSSR count). The smallest absolute Gasteiger partial charge is 0.235 e. The van der Waals surface area contributed by atoms with Gasteiger partial charge in [0, 0.05) is 14.2 Å². The van der Waals surface area contributed by atoms with Crippen LogP contribution in [0.2, 0.25) is 0 Å². The number of rotatable bonds is 6. The number of hydrogen-bond acceptors (Lipinski definition) is 7. The van der Waals surface area contributed by atoms with Crippen molar-refractivity contribution in [1.82, 2.24) is 4.98 Å². The van der Waals surface area contributed by atoms with Crippen molar-refractivity contribution in [1.29, 1.82) is 0 Å². The second kappa shape index (κ2) is 6.85. The van der Waals surface area contributed by atoms with Crippen LogP contribution in [0.4, 0.5) is 0 Å².